The van der Waals surface area contributed by atoms with Gasteiger partial charge in [0.05, 0.1) is 37.0 Å². The highest BCUT2D eigenvalue weighted by atomic mass is 32.2. The molecule has 2 aliphatic rings. The molecule has 14 heteroatoms. The van der Waals surface area contributed by atoms with Crippen LogP contribution in [-0.2, 0) is 27.8 Å². The third kappa shape index (κ3) is 11.2. The average molecular weight is 555 g/mol. The molecule has 0 radical (unpaired) electrons. The number of carbonyl (C=O) groups is 2. The lowest BCUT2D eigenvalue weighted by Gasteiger charge is -2.29. The SMILES string of the molecule is COP(=O)(OCCC(O)CCNC(=O)CCCC1SCC2NC(=O)NC21)OC(C)(C)CCON(C)C. The van der Waals surface area contributed by atoms with Crippen molar-refractivity contribution in [2.24, 2.45) is 0 Å². The number of rotatable bonds is 18. The first kappa shape index (κ1) is 31.3. The van der Waals surface area contributed by atoms with E-state index in [2.05, 4.69) is 16.0 Å². The summed E-state index contributed by atoms with van der Waals surface area (Å²) < 4.78 is 28.7. The van der Waals surface area contributed by atoms with Gasteiger partial charge in [-0.25, -0.2) is 9.36 Å². The fourth-order valence-electron chi connectivity index (χ4n) is 3.96. The fraction of sp³-hybridized carbons (Fsp3) is 0.909. The molecule has 5 atom stereocenters. The summed E-state index contributed by atoms with van der Waals surface area (Å²) in [6.45, 7) is 4.24. The molecular formula is C22H43N4O8PS. The maximum absolute atomic E-state index is 12.8. The van der Waals surface area contributed by atoms with Crippen LogP contribution in [0, 0.1) is 0 Å². The van der Waals surface area contributed by atoms with Crippen LogP contribution in [0.2, 0.25) is 0 Å². The Morgan fingerprint density at radius 1 is 1.31 bits per heavy atom. The summed E-state index contributed by atoms with van der Waals surface area (Å²) in [6, 6.07) is 0.222. The molecule has 12 nitrogen and oxygen atoms in total. The lowest BCUT2D eigenvalue weighted by molar-refractivity contribution is -0.131. The quantitative estimate of drug-likeness (QED) is 0.113. The van der Waals surface area contributed by atoms with Crippen LogP contribution in [0.15, 0.2) is 0 Å². The van der Waals surface area contributed by atoms with Gasteiger partial charge in [-0.3, -0.25) is 23.2 Å². The predicted molar refractivity (Wildman–Crippen MR) is 138 cm³/mol. The largest absolute Gasteiger partial charge is 0.475 e. The van der Waals surface area contributed by atoms with E-state index >= 15 is 0 Å². The molecule has 0 bridgehead atoms. The molecule has 3 amide bonds. The smallest absolute Gasteiger partial charge is 0.393 e. The van der Waals surface area contributed by atoms with Crippen molar-refractivity contribution < 1.29 is 37.7 Å². The zero-order valence-corrected chi connectivity index (χ0v) is 23.7. The van der Waals surface area contributed by atoms with Crippen molar-refractivity contribution in [2.45, 2.75) is 81.4 Å². The standard InChI is InChI=1S/C22H43N4O8PS/c1-22(2,11-14-32-26(3)4)34-35(30,31-5)33-13-10-16(27)9-12-23-19(28)8-6-7-18-20-17(15-36-18)24-21(29)25-20/h16-18,20,27H,6-15H2,1-5H3,(H,23,28)(H2,24,25,29). The van der Waals surface area contributed by atoms with Crippen molar-refractivity contribution >= 4 is 31.5 Å². The van der Waals surface area contributed by atoms with Gasteiger partial charge in [-0.05, 0) is 39.5 Å². The third-order valence-electron chi connectivity index (χ3n) is 5.97. The zero-order valence-electron chi connectivity index (χ0n) is 22.0. The molecule has 5 unspecified atom stereocenters. The van der Waals surface area contributed by atoms with E-state index in [1.807, 2.05) is 11.8 Å². The maximum atomic E-state index is 12.8. The number of nitrogens with zero attached hydrogens (tertiary/aromatic N) is 1. The molecule has 0 aromatic carbocycles. The van der Waals surface area contributed by atoms with Crippen molar-refractivity contribution in [2.75, 3.05) is 46.7 Å². The average Bonchev–Trinajstić information content (AvgIpc) is 3.32. The third-order valence-corrected chi connectivity index (χ3v) is 9.14. The Morgan fingerprint density at radius 3 is 2.75 bits per heavy atom. The van der Waals surface area contributed by atoms with E-state index < -0.39 is 19.5 Å². The van der Waals surface area contributed by atoms with Crippen LogP contribution in [0.1, 0.15) is 52.4 Å². The molecule has 0 spiro atoms. The summed E-state index contributed by atoms with van der Waals surface area (Å²) in [5.41, 5.74) is -0.801. The Kier molecular flexibility index (Phi) is 12.9. The van der Waals surface area contributed by atoms with E-state index in [0.717, 1.165) is 18.6 Å². The number of thioether (sulfide) groups is 1. The van der Waals surface area contributed by atoms with Crippen LogP contribution in [0.4, 0.5) is 4.79 Å². The lowest BCUT2D eigenvalue weighted by Crippen LogP contribution is -2.37. The summed E-state index contributed by atoms with van der Waals surface area (Å²) in [4.78, 5) is 28.9. The van der Waals surface area contributed by atoms with Crippen LogP contribution in [-0.4, -0.2) is 97.9 Å². The van der Waals surface area contributed by atoms with Gasteiger partial charge < -0.3 is 21.1 Å². The minimum atomic E-state index is -3.79. The minimum Gasteiger partial charge on any atom is -0.393 e. The molecular weight excluding hydrogens is 511 g/mol. The van der Waals surface area contributed by atoms with Gasteiger partial charge in [-0.2, -0.15) is 16.8 Å². The molecule has 0 saturated carbocycles. The molecule has 4 N–H and O–H groups in total. The van der Waals surface area contributed by atoms with Crippen molar-refractivity contribution in [3.8, 4) is 0 Å². The Balaban J connectivity index is 1.56. The van der Waals surface area contributed by atoms with Gasteiger partial charge in [-0.15, -0.1) is 0 Å². The molecule has 210 valence electrons. The number of aliphatic hydroxyl groups is 1. The molecule has 0 aliphatic carbocycles. The Bertz CT molecular complexity index is 760. The van der Waals surface area contributed by atoms with Crippen molar-refractivity contribution in [1.29, 1.82) is 0 Å². The number of hydrogen-bond donors (Lipinski definition) is 4. The second kappa shape index (κ2) is 14.9. The fourth-order valence-corrected chi connectivity index (χ4v) is 6.76. The molecule has 2 aliphatic heterocycles. The van der Waals surface area contributed by atoms with Crippen molar-refractivity contribution in [3.63, 3.8) is 0 Å². The summed E-state index contributed by atoms with van der Waals surface area (Å²) in [5, 5.41) is 20.8. The van der Waals surface area contributed by atoms with Crippen LogP contribution in [0.3, 0.4) is 0 Å². The number of hydrogen-bond acceptors (Lipinski definition) is 10. The minimum absolute atomic E-state index is 0.0167. The highest BCUT2D eigenvalue weighted by Gasteiger charge is 2.42. The van der Waals surface area contributed by atoms with Crippen LogP contribution >= 0.6 is 19.6 Å². The van der Waals surface area contributed by atoms with E-state index in [4.69, 9.17) is 18.4 Å². The number of phosphoric acid groups is 1. The zero-order chi connectivity index (χ0) is 26.8. The summed E-state index contributed by atoms with van der Waals surface area (Å²) in [6.07, 6.45) is 2.31. The first-order valence-electron chi connectivity index (χ1n) is 12.4. The van der Waals surface area contributed by atoms with Crippen LogP contribution in [0.5, 0.6) is 0 Å². The Hall–Kier alpha value is -0.920. The van der Waals surface area contributed by atoms with Gasteiger partial charge in [0, 0.05) is 51.6 Å². The second-order valence-electron chi connectivity index (χ2n) is 9.80. The van der Waals surface area contributed by atoms with Crippen molar-refractivity contribution in [1.82, 2.24) is 21.0 Å². The summed E-state index contributed by atoms with van der Waals surface area (Å²) in [7, 11) is 1.00. The first-order chi connectivity index (χ1) is 16.9. The number of fused-ring (bicyclic) bond motifs is 1. The summed E-state index contributed by atoms with van der Waals surface area (Å²) in [5.74, 6) is 0.835. The Labute approximate surface area is 218 Å². The van der Waals surface area contributed by atoms with Gasteiger partial charge in [0.1, 0.15) is 0 Å². The number of phosphoric ester groups is 1. The number of nitrogens with one attached hydrogen (secondary N) is 3. The van der Waals surface area contributed by atoms with E-state index in [1.54, 1.807) is 33.0 Å². The van der Waals surface area contributed by atoms with E-state index in [9.17, 15) is 19.3 Å². The predicted octanol–water partition coefficient (Wildman–Crippen LogP) is 2.03. The van der Waals surface area contributed by atoms with Gasteiger partial charge >= 0.3 is 13.9 Å². The Morgan fingerprint density at radius 2 is 2.06 bits per heavy atom. The molecule has 2 saturated heterocycles. The van der Waals surface area contributed by atoms with Gasteiger partial charge in [0.15, 0.2) is 0 Å². The second-order valence-corrected chi connectivity index (χ2v) is 12.8. The monoisotopic (exact) mass is 554 g/mol. The first-order valence-corrected chi connectivity index (χ1v) is 14.9. The molecule has 36 heavy (non-hydrogen) atoms. The van der Waals surface area contributed by atoms with Gasteiger partial charge in [-0.1, -0.05) is 0 Å². The van der Waals surface area contributed by atoms with Crippen LogP contribution in [0.25, 0.3) is 0 Å². The lowest BCUT2D eigenvalue weighted by atomic mass is 10.0. The number of urea groups is 1. The molecule has 2 rings (SSSR count). The number of carbonyl (C=O) groups excluding carboxylic acids is 2. The number of aliphatic hydroxyl groups excluding tert-OH is 1. The molecule has 0 aromatic rings. The van der Waals surface area contributed by atoms with Gasteiger partial charge in [0.2, 0.25) is 5.91 Å². The maximum Gasteiger partial charge on any atom is 0.475 e. The highest BCUT2D eigenvalue weighted by molar-refractivity contribution is 8.00. The molecule has 0 aromatic heterocycles. The molecule has 2 heterocycles. The topological polar surface area (TPSA) is 148 Å². The summed E-state index contributed by atoms with van der Waals surface area (Å²) >= 11 is 1.83. The highest BCUT2D eigenvalue weighted by Crippen LogP contribution is 2.52. The number of hydroxylamine groups is 2. The van der Waals surface area contributed by atoms with E-state index in [1.165, 1.54) is 7.11 Å². The van der Waals surface area contributed by atoms with Crippen molar-refractivity contribution in [3.05, 3.63) is 0 Å². The van der Waals surface area contributed by atoms with E-state index in [0.29, 0.717) is 37.7 Å². The van der Waals surface area contributed by atoms with Crippen LogP contribution < -0.4 is 16.0 Å². The van der Waals surface area contributed by atoms with E-state index in [-0.39, 0.29) is 37.0 Å². The van der Waals surface area contributed by atoms with Gasteiger partial charge in [0.25, 0.3) is 0 Å². The normalized spacial score (nSPS) is 24.2. The number of amides is 3. The molecule has 2 fully saturated rings.